The lowest BCUT2D eigenvalue weighted by Crippen LogP contribution is -2.15. The Morgan fingerprint density at radius 1 is 1.00 bits per heavy atom. The van der Waals surface area contributed by atoms with Gasteiger partial charge in [0, 0.05) is 11.3 Å². The lowest BCUT2D eigenvalue weighted by atomic mass is 10.1. The molecule has 0 aliphatic carbocycles. The Bertz CT molecular complexity index is 850. The molecule has 0 aliphatic heterocycles. The van der Waals surface area contributed by atoms with Gasteiger partial charge in [-0.1, -0.05) is 0 Å². The second kappa shape index (κ2) is 5.87. The van der Waals surface area contributed by atoms with Gasteiger partial charge in [0.25, 0.3) is 5.91 Å². The number of hydrogen-bond donors (Lipinski definition) is 2. The van der Waals surface area contributed by atoms with Crippen molar-refractivity contribution in [3.63, 3.8) is 0 Å². The number of amides is 1. The topological polar surface area (TPSA) is 83.6 Å². The molecule has 0 bridgehead atoms. The molecule has 6 nitrogen and oxygen atoms in total. The number of carbonyl (C=O) groups excluding carboxylic acids is 1. The molecular formula is C14H8F3N5O. The second-order valence-electron chi connectivity index (χ2n) is 4.49. The van der Waals surface area contributed by atoms with Crippen LogP contribution in [0.3, 0.4) is 0 Å². The lowest BCUT2D eigenvalue weighted by molar-refractivity contribution is 0.102. The number of aromatic amines is 1. The number of hydrogen-bond acceptors (Lipinski definition) is 4. The van der Waals surface area contributed by atoms with Crippen LogP contribution < -0.4 is 5.32 Å². The van der Waals surface area contributed by atoms with E-state index in [1.54, 1.807) is 12.1 Å². The third kappa shape index (κ3) is 2.89. The number of rotatable bonds is 3. The smallest absolute Gasteiger partial charge is 0.258 e. The molecule has 0 fully saturated rings. The molecular weight excluding hydrogens is 311 g/mol. The van der Waals surface area contributed by atoms with E-state index in [9.17, 15) is 18.0 Å². The van der Waals surface area contributed by atoms with E-state index in [1.807, 2.05) is 0 Å². The molecule has 3 aromatic rings. The maximum absolute atomic E-state index is 13.6. The summed E-state index contributed by atoms with van der Waals surface area (Å²) < 4.78 is 39.6. The summed E-state index contributed by atoms with van der Waals surface area (Å²) in [6.45, 7) is 0. The minimum absolute atomic E-state index is 0.339. The fourth-order valence-electron chi connectivity index (χ4n) is 1.89. The predicted octanol–water partition coefficient (Wildman–Crippen LogP) is 2.54. The quantitative estimate of drug-likeness (QED) is 0.727. The first-order valence-corrected chi connectivity index (χ1v) is 6.35. The van der Waals surface area contributed by atoms with Gasteiger partial charge in [-0.2, -0.15) is 5.21 Å². The van der Waals surface area contributed by atoms with Crippen LogP contribution in [0.25, 0.3) is 11.4 Å². The van der Waals surface area contributed by atoms with Crippen molar-refractivity contribution >= 4 is 11.6 Å². The molecule has 0 atom stereocenters. The van der Waals surface area contributed by atoms with Gasteiger partial charge in [0.05, 0.1) is 5.56 Å². The highest BCUT2D eigenvalue weighted by atomic mass is 19.2. The zero-order valence-electron chi connectivity index (χ0n) is 11.3. The van der Waals surface area contributed by atoms with E-state index in [1.165, 1.54) is 12.1 Å². The number of benzene rings is 2. The Hall–Kier alpha value is -3.23. The summed E-state index contributed by atoms with van der Waals surface area (Å²) in [6.07, 6.45) is 0. The van der Waals surface area contributed by atoms with Crippen molar-refractivity contribution in [2.24, 2.45) is 0 Å². The van der Waals surface area contributed by atoms with E-state index in [0.717, 1.165) is 6.07 Å². The van der Waals surface area contributed by atoms with E-state index in [2.05, 4.69) is 25.9 Å². The second-order valence-corrected chi connectivity index (χ2v) is 4.49. The first-order chi connectivity index (χ1) is 11.1. The highest BCUT2D eigenvalue weighted by Crippen LogP contribution is 2.19. The van der Waals surface area contributed by atoms with Crippen LogP contribution in [0.5, 0.6) is 0 Å². The monoisotopic (exact) mass is 319 g/mol. The maximum Gasteiger partial charge on any atom is 0.258 e. The van der Waals surface area contributed by atoms with Crippen molar-refractivity contribution in [1.29, 1.82) is 0 Å². The summed E-state index contributed by atoms with van der Waals surface area (Å²) in [7, 11) is 0. The minimum atomic E-state index is -1.69. The van der Waals surface area contributed by atoms with Crippen LogP contribution in [0.1, 0.15) is 10.4 Å². The Morgan fingerprint density at radius 3 is 2.39 bits per heavy atom. The molecule has 0 saturated carbocycles. The average molecular weight is 319 g/mol. The fourth-order valence-corrected chi connectivity index (χ4v) is 1.89. The van der Waals surface area contributed by atoms with Crippen molar-refractivity contribution in [3.8, 4) is 11.4 Å². The Labute approximate surface area is 127 Å². The fraction of sp³-hybridized carbons (Fsp3) is 0. The largest absolute Gasteiger partial charge is 0.322 e. The molecule has 1 amide bonds. The molecule has 0 saturated heterocycles. The maximum atomic E-state index is 13.6. The van der Waals surface area contributed by atoms with Crippen LogP contribution in [0.2, 0.25) is 0 Å². The van der Waals surface area contributed by atoms with Crippen molar-refractivity contribution < 1.29 is 18.0 Å². The Morgan fingerprint density at radius 2 is 1.74 bits per heavy atom. The van der Waals surface area contributed by atoms with Crippen LogP contribution in [0.15, 0.2) is 36.4 Å². The summed E-state index contributed by atoms with van der Waals surface area (Å²) in [5.41, 5.74) is 0.397. The number of aromatic nitrogens is 4. The third-order valence-electron chi connectivity index (χ3n) is 3.03. The molecule has 1 heterocycles. The van der Waals surface area contributed by atoms with Crippen molar-refractivity contribution in [3.05, 3.63) is 59.4 Å². The number of anilines is 1. The van der Waals surface area contributed by atoms with Gasteiger partial charge >= 0.3 is 0 Å². The van der Waals surface area contributed by atoms with Gasteiger partial charge in [0.2, 0.25) is 5.82 Å². The minimum Gasteiger partial charge on any atom is -0.322 e. The molecule has 0 radical (unpaired) electrons. The van der Waals surface area contributed by atoms with Crippen LogP contribution in [-0.4, -0.2) is 26.5 Å². The molecule has 3 rings (SSSR count). The number of nitrogens with one attached hydrogen (secondary N) is 2. The van der Waals surface area contributed by atoms with Gasteiger partial charge in [-0.15, -0.1) is 10.2 Å². The van der Waals surface area contributed by atoms with Crippen LogP contribution in [-0.2, 0) is 0 Å². The van der Waals surface area contributed by atoms with E-state index in [4.69, 9.17) is 0 Å². The molecule has 2 N–H and O–H groups in total. The zero-order valence-corrected chi connectivity index (χ0v) is 11.3. The van der Waals surface area contributed by atoms with Gasteiger partial charge in [-0.25, -0.2) is 13.2 Å². The molecule has 116 valence electrons. The Balaban J connectivity index is 1.79. The number of tetrazole rings is 1. The van der Waals surface area contributed by atoms with E-state index >= 15 is 0 Å². The summed E-state index contributed by atoms with van der Waals surface area (Å²) >= 11 is 0. The summed E-state index contributed by atoms with van der Waals surface area (Å²) in [5, 5.41) is 15.7. The van der Waals surface area contributed by atoms with Crippen molar-refractivity contribution in [1.82, 2.24) is 20.6 Å². The summed E-state index contributed by atoms with van der Waals surface area (Å²) in [5.74, 6) is -5.11. The normalized spacial score (nSPS) is 10.6. The Kier molecular flexibility index (Phi) is 3.75. The van der Waals surface area contributed by atoms with E-state index in [-0.39, 0.29) is 0 Å². The van der Waals surface area contributed by atoms with Crippen LogP contribution in [0.4, 0.5) is 18.9 Å². The van der Waals surface area contributed by atoms with Gasteiger partial charge < -0.3 is 5.32 Å². The summed E-state index contributed by atoms with van der Waals surface area (Å²) in [6, 6.07) is 7.84. The molecule has 0 spiro atoms. The van der Waals surface area contributed by atoms with Gasteiger partial charge in [0.15, 0.2) is 17.5 Å². The summed E-state index contributed by atoms with van der Waals surface area (Å²) in [4.78, 5) is 11.9. The van der Waals surface area contributed by atoms with E-state index in [0.29, 0.717) is 23.1 Å². The number of H-pyrrole nitrogens is 1. The van der Waals surface area contributed by atoms with E-state index < -0.39 is 28.9 Å². The number of nitrogens with zero attached hydrogens (tertiary/aromatic N) is 3. The molecule has 0 unspecified atom stereocenters. The highest BCUT2D eigenvalue weighted by Gasteiger charge is 2.18. The zero-order chi connectivity index (χ0) is 16.4. The van der Waals surface area contributed by atoms with Gasteiger partial charge in [-0.3, -0.25) is 4.79 Å². The van der Waals surface area contributed by atoms with Crippen LogP contribution >= 0.6 is 0 Å². The van der Waals surface area contributed by atoms with Gasteiger partial charge in [-0.05, 0) is 41.6 Å². The standard InChI is InChI=1S/C14H8F3N5O/c15-10-6-5-9(11(16)12(10)17)14(23)18-8-3-1-7(2-4-8)13-19-21-22-20-13/h1-6H,(H,18,23)(H,19,20,21,22). The lowest BCUT2D eigenvalue weighted by Gasteiger charge is -2.07. The first-order valence-electron chi connectivity index (χ1n) is 6.35. The number of halogens is 3. The third-order valence-corrected chi connectivity index (χ3v) is 3.03. The molecule has 0 aliphatic rings. The molecule has 1 aromatic heterocycles. The van der Waals surface area contributed by atoms with Crippen LogP contribution in [0, 0.1) is 17.5 Å². The number of carbonyl (C=O) groups is 1. The van der Waals surface area contributed by atoms with Crippen molar-refractivity contribution in [2.75, 3.05) is 5.32 Å². The highest BCUT2D eigenvalue weighted by molar-refractivity contribution is 6.04. The van der Waals surface area contributed by atoms with Gasteiger partial charge in [0.1, 0.15) is 0 Å². The van der Waals surface area contributed by atoms with Crippen molar-refractivity contribution in [2.45, 2.75) is 0 Å². The first kappa shape index (κ1) is 14.7. The molecule has 2 aromatic carbocycles. The average Bonchev–Trinajstić information content (AvgIpc) is 3.08. The molecule has 23 heavy (non-hydrogen) atoms. The molecule has 9 heteroatoms. The predicted molar refractivity (Wildman–Crippen MR) is 73.9 cm³/mol. The SMILES string of the molecule is O=C(Nc1ccc(-c2nn[nH]n2)cc1)c1ccc(F)c(F)c1F.